The Morgan fingerprint density at radius 2 is 2.11 bits per heavy atom. The molecule has 2 aromatic carbocycles. The first-order valence-corrected chi connectivity index (χ1v) is 6.69. The van der Waals surface area contributed by atoms with Crippen molar-refractivity contribution < 1.29 is 9.94 Å². The van der Waals surface area contributed by atoms with E-state index in [0.717, 1.165) is 20.3 Å². The van der Waals surface area contributed by atoms with Gasteiger partial charge in [-0.25, -0.2) is 0 Å². The molecule has 94 valence electrons. The Morgan fingerprint density at radius 1 is 1.33 bits per heavy atom. The molecule has 0 radical (unpaired) electrons. The smallest absolute Gasteiger partial charge is 0.132 e. The van der Waals surface area contributed by atoms with Crippen LogP contribution in [0.25, 0.3) is 10.8 Å². The van der Waals surface area contributed by atoms with Gasteiger partial charge in [-0.05, 0) is 45.0 Å². The van der Waals surface area contributed by atoms with Crippen molar-refractivity contribution in [3.8, 4) is 5.75 Å². The molecule has 3 nitrogen and oxygen atoms in total. The summed E-state index contributed by atoms with van der Waals surface area (Å²) in [6, 6.07) is 10.3. The fraction of sp³-hybridized carbons (Fsp3) is 0.214. The fourth-order valence-corrected chi connectivity index (χ4v) is 2.81. The summed E-state index contributed by atoms with van der Waals surface area (Å²) in [6.45, 7) is 2.00. The van der Waals surface area contributed by atoms with Crippen LogP contribution in [-0.2, 0) is 0 Å². The second kappa shape index (κ2) is 5.56. The van der Waals surface area contributed by atoms with Gasteiger partial charge in [0.15, 0.2) is 0 Å². The summed E-state index contributed by atoms with van der Waals surface area (Å²) in [4.78, 5) is 0. The third kappa shape index (κ3) is 2.43. The van der Waals surface area contributed by atoms with Gasteiger partial charge in [-0.2, -0.15) is 0 Å². The van der Waals surface area contributed by atoms with Crippen molar-refractivity contribution in [1.82, 2.24) is 0 Å². The lowest BCUT2D eigenvalue weighted by molar-refractivity contribution is 0.320. The lowest BCUT2D eigenvalue weighted by Gasteiger charge is -2.10. The maximum atomic E-state index is 8.58. The number of methoxy groups -OCH3 is 1. The highest BCUT2D eigenvalue weighted by Gasteiger charge is 2.08. The Labute approximate surface area is 120 Å². The van der Waals surface area contributed by atoms with Crippen molar-refractivity contribution in [1.29, 1.82) is 0 Å². The van der Waals surface area contributed by atoms with Gasteiger partial charge in [-0.1, -0.05) is 31.2 Å². The van der Waals surface area contributed by atoms with Gasteiger partial charge in [0.05, 0.1) is 16.9 Å². The molecular weight excluding hydrogens is 341 g/mol. The second-order valence-corrected chi connectivity index (χ2v) is 5.19. The first-order chi connectivity index (χ1) is 8.67. The molecule has 0 aromatic heterocycles. The van der Waals surface area contributed by atoms with E-state index in [9.17, 15) is 0 Å². The molecule has 1 N–H and O–H groups in total. The number of nitrogens with zero attached hydrogens (tertiary/aromatic N) is 1. The predicted molar refractivity (Wildman–Crippen MR) is 81.9 cm³/mol. The Morgan fingerprint density at radius 3 is 2.78 bits per heavy atom. The molecule has 0 aliphatic rings. The summed E-state index contributed by atoms with van der Waals surface area (Å²) in [5.41, 5.74) is 1.13. The number of hydrogen-bond donors (Lipinski definition) is 1. The topological polar surface area (TPSA) is 41.8 Å². The van der Waals surface area contributed by atoms with Crippen molar-refractivity contribution in [2.75, 3.05) is 7.11 Å². The molecule has 0 saturated carbocycles. The van der Waals surface area contributed by atoms with Gasteiger partial charge in [0, 0.05) is 5.92 Å². The molecule has 1 unspecified atom stereocenters. The fourth-order valence-electron chi connectivity index (χ4n) is 1.92. The molecule has 2 rings (SSSR count). The lowest BCUT2D eigenvalue weighted by Crippen LogP contribution is -1.95. The van der Waals surface area contributed by atoms with Crippen LogP contribution in [-0.4, -0.2) is 18.5 Å². The van der Waals surface area contributed by atoms with Gasteiger partial charge < -0.3 is 9.94 Å². The zero-order valence-corrected chi connectivity index (χ0v) is 12.4. The third-order valence-electron chi connectivity index (χ3n) is 2.98. The Balaban J connectivity index is 2.54. The van der Waals surface area contributed by atoms with Crippen LogP contribution in [0, 0.1) is 3.57 Å². The van der Waals surface area contributed by atoms with Gasteiger partial charge >= 0.3 is 0 Å². The molecule has 0 heterocycles. The zero-order valence-electron chi connectivity index (χ0n) is 10.2. The first-order valence-electron chi connectivity index (χ1n) is 5.61. The van der Waals surface area contributed by atoms with Crippen molar-refractivity contribution >= 4 is 39.6 Å². The lowest BCUT2D eigenvalue weighted by atomic mass is 9.98. The van der Waals surface area contributed by atoms with E-state index in [-0.39, 0.29) is 5.92 Å². The first kappa shape index (κ1) is 13.1. The van der Waals surface area contributed by atoms with Crippen LogP contribution in [0.5, 0.6) is 5.75 Å². The van der Waals surface area contributed by atoms with Crippen molar-refractivity contribution in [2.24, 2.45) is 5.16 Å². The van der Waals surface area contributed by atoms with Crippen LogP contribution < -0.4 is 4.74 Å². The Hall–Kier alpha value is -1.30. The zero-order chi connectivity index (χ0) is 13.1. The Kier molecular flexibility index (Phi) is 4.06. The molecular formula is C14H14INO2. The summed E-state index contributed by atoms with van der Waals surface area (Å²) in [5.74, 6) is 0.986. The average molecular weight is 355 g/mol. The highest BCUT2D eigenvalue weighted by atomic mass is 127. The van der Waals surface area contributed by atoms with Crippen LogP contribution in [0.15, 0.2) is 35.5 Å². The average Bonchev–Trinajstić information content (AvgIpc) is 2.39. The molecule has 0 saturated heterocycles. The molecule has 2 aromatic rings. The van der Waals surface area contributed by atoms with E-state index in [0.29, 0.717) is 0 Å². The van der Waals surface area contributed by atoms with Gasteiger partial charge in [-0.15, -0.1) is 5.16 Å². The maximum Gasteiger partial charge on any atom is 0.132 e. The van der Waals surface area contributed by atoms with Gasteiger partial charge in [-0.3, -0.25) is 0 Å². The molecule has 0 bridgehead atoms. The SMILES string of the molecule is COc1ccc2cc(C(C)C=NO)ccc2c1I. The molecule has 0 fully saturated rings. The largest absolute Gasteiger partial charge is 0.496 e. The summed E-state index contributed by atoms with van der Waals surface area (Å²) >= 11 is 2.29. The number of halogens is 1. The van der Waals surface area contributed by atoms with E-state index in [4.69, 9.17) is 9.94 Å². The number of oxime groups is 1. The van der Waals surface area contributed by atoms with Crippen LogP contribution in [0.3, 0.4) is 0 Å². The number of rotatable bonds is 3. The van der Waals surface area contributed by atoms with E-state index in [2.05, 4.69) is 45.9 Å². The monoisotopic (exact) mass is 355 g/mol. The molecule has 0 amide bonds. The van der Waals surface area contributed by atoms with E-state index < -0.39 is 0 Å². The van der Waals surface area contributed by atoms with E-state index in [1.807, 2.05) is 19.1 Å². The number of benzene rings is 2. The number of fused-ring (bicyclic) bond motifs is 1. The predicted octanol–water partition coefficient (Wildman–Crippen LogP) is 4.02. The standard InChI is InChI=1S/C14H14INO2/c1-9(8-16-17)10-3-5-12-11(7-10)4-6-13(18-2)14(12)15/h3-9,17H,1-2H3. The summed E-state index contributed by atoms with van der Waals surface area (Å²) in [7, 11) is 1.68. The molecule has 0 aliphatic heterocycles. The van der Waals surface area contributed by atoms with Crippen LogP contribution in [0.4, 0.5) is 0 Å². The molecule has 18 heavy (non-hydrogen) atoms. The summed E-state index contributed by atoms with van der Waals surface area (Å²) < 4.78 is 6.42. The number of ether oxygens (including phenoxy) is 1. The van der Waals surface area contributed by atoms with Gasteiger partial charge in [0.1, 0.15) is 5.75 Å². The minimum absolute atomic E-state index is 0.0964. The van der Waals surface area contributed by atoms with E-state index in [1.165, 1.54) is 11.6 Å². The van der Waals surface area contributed by atoms with Crippen molar-refractivity contribution in [3.63, 3.8) is 0 Å². The Bertz CT molecular complexity index is 596. The van der Waals surface area contributed by atoms with Crippen LogP contribution in [0.1, 0.15) is 18.4 Å². The maximum absolute atomic E-state index is 8.58. The molecule has 0 spiro atoms. The van der Waals surface area contributed by atoms with Crippen LogP contribution in [0.2, 0.25) is 0 Å². The number of hydrogen-bond acceptors (Lipinski definition) is 3. The highest BCUT2D eigenvalue weighted by Crippen LogP contribution is 2.31. The molecule has 1 atom stereocenters. The highest BCUT2D eigenvalue weighted by molar-refractivity contribution is 14.1. The second-order valence-electron chi connectivity index (χ2n) is 4.12. The third-order valence-corrected chi connectivity index (χ3v) is 4.09. The van der Waals surface area contributed by atoms with Gasteiger partial charge in [0.25, 0.3) is 0 Å². The molecule has 0 aliphatic carbocycles. The van der Waals surface area contributed by atoms with Crippen molar-refractivity contribution in [2.45, 2.75) is 12.8 Å². The van der Waals surface area contributed by atoms with Crippen molar-refractivity contribution in [3.05, 3.63) is 39.5 Å². The summed E-state index contributed by atoms with van der Waals surface area (Å²) in [5, 5.41) is 14.0. The normalized spacial score (nSPS) is 13.1. The van der Waals surface area contributed by atoms with Gasteiger partial charge in [0.2, 0.25) is 0 Å². The quantitative estimate of drug-likeness (QED) is 0.391. The van der Waals surface area contributed by atoms with Crippen LogP contribution >= 0.6 is 22.6 Å². The minimum Gasteiger partial charge on any atom is -0.496 e. The minimum atomic E-state index is 0.0964. The molecule has 4 heteroatoms. The van der Waals surface area contributed by atoms with E-state index in [1.54, 1.807) is 7.11 Å². The summed E-state index contributed by atoms with van der Waals surface area (Å²) in [6.07, 6.45) is 1.52. The van der Waals surface area contributed by atoms with E-state index >= 15 is 0 Å².